The van der Waals surface area contributed by atoms with E-state index in [1.165, 1.54) is 5.56 Å². The molecular formula is C18H24N4O2S. The smallest absolute Gasteiger partial charge is 0.227 e. The molecule has 0 radical (unpaired) electrons. The average molecular weight is 360 g/mol. The number of hydrogen-bond donors (Lipinski definition) is 0. The molecule has 2 heterocycles. The van der Waals surface area contributed by atoms with E-state index in [2.05, 4.69) is 27.0 Å². The Labute approximate surface area is 149 Å². The molecule has 0 aliphatic carbocycles. The maximum Gasteiger partial charge on any atom is 0.227 e. The highest BCUT2D eigenvalue weighted by Gasteiger charge is 2.32. The summed E-state index contributed by atoms with van der Waals surface area (Å²) in [6.07, 6.45) is 2.40. The molecule has 1 aliphatic rings. The highest BCUT2D eigenvalue weighted by Crippen LogP contribution is 2.24. The van der Waals surface area contributed by atoms with Gasteiger partial charge in [-0.2, -0.15) is 4.98 Å². The van der Waals surface area contributed by atoms with Crippen molar-refractivity contribution in [2.45, 2.75) is 25.9 Å². The summed E-state index contributed by atoms with van der Waals surface area (Å²) in [5.41, 5.74) is 1.19. The minimum atomic E-state index is -2.92. The van der Waals surface area contributed by atoms with E-state index >= 15 is 0 Å². The number of hydrogen-bond acceptors (Lipinski definition) is 6. The number of rotatable bonds is 6. The summed E-state index contributed by atoms with van der Waals surface area (Å²) < 4.78 is 23.6. The van der Waals surface area contributed by atoms with Crippen LogP contribution in [-0.4, -0.2) is 49.5 Å². The van der Waals surface area contributed by atoms with E-state index < -0.39 is 9.84 Å². The normalized spacial score (nSPS) is 18.9. The van der Waals surface area contributed by atoms with Crippen LogP contribution in [0.25, 0.3) is 0 Å². The molecule has 0 N–H and O–H groups in total. The van der Waals surface area contributed by atoms with Crippen molar-refractivity contribution in [1.82, 2.24) is 9.97 Å². The summed E-state index contributed by atoms with van der Waals surface area (Å²) in [4.78, 5) is 13.1. The first-order chi connectivity index (χ1) is 12.0. The summed E-state index contributed by atoms with van der Waals surface area (Å²) in [6, 6.07) is 12.0. The Bertz CT molecular complexity index is 811. The second-order valence-electron chi connectivity index (χ2n) is 6.40. The molecule has 0 spiro atoms. The largest absolute Gasteiger partial charge is 0.353 e. The Morgan fingerprint density at radius 1 is 1.20 bits per heavy atom. The van der Waals surface area contributed by atoms with E-state index in [1.807, 2.05) is 43.1 Å². The number of benzene rings is 1. The van der Waals surface area contributed by atoms with Crippen molar-refractivity contribution in [1.29, 1.82) is 0 Å². The van der Waals surface area contributed by atoms with Crippen LogP contribution in [-0.2, 0) is 16.4 Å². The molecule has 1 aromatic heterocycles. The third-order valence-electron chi connectivity index (χ3n) is 4.52. The highest BCUT2D eigenvalue weighted by atomic mass is 32.2. The van der Waals surface area contributed by atoms with Crippen LogP contribution in [0.15, 0.2) is 42.6 Å². The Kier molecular flexibility index (Phi) is 5.22. The van der Waals surface area contributed by atoms with Gasteiger partial charge in [-0.25, -0.2) is 13.4 Å². The molecule has 1 saturated heterocycles. The SMILES string of the molecule is CCN(c1ccnc(N(C)Cc2ccccc2)n1)C1CCS(=O)(=O)C1. The van der Waals surface area contributed by atoms with Crippen molar-refractivity contribution in [3.63, 3.8) is 0 Å². The molecule has 3 rings (SSSR count). The second kappa shape index (κ2) is 7.39. The molecule has 0 amide bonds. The molecule has 25 heavy (non-hydrogen) atoms. The third kappa shape index (κ3) is 4.28. The van der Waals surface area contributed by atoms with E-state index in [9.17, 15) is 8.42 Å². The Balaban J connectivity index is 1.78. The molecule has 7 heteroatoms. The van der Waals surface area contributed by atoms with E-state index in [0.717, 1.165) is 12.4 Å². The molecule has 1 atom stereocenters. The van der Waals surface area contributed by atoms with Crippen LogP contribution in [0.4, 0.5) is 11.8 Å². The van der Waals surface area contributed by atoms with Gasteiger partial charge in [-0.15, -0.1) is 0 Å². The van der Waals surface area contributed by atoms with Crippen LogP contribution in [0.1, 0.15) is 18.9 Å². The fraction of sp³-hybridized carbons (Fsp3) is 0.444. The Morgan fingerprint density at radius 2 is 1.96 bits per heavy atom. The van der Waals surface area contributed by atoms with Crippen molar-refractivity contribution in [3.05, 3.63) is 48.2 Å². The number of aromatic nitrogens is 2. The maximum atomic E-state index is 11.8. The van der Waals surface area contributed by atoms with E-state index in [0.29, 0.717) is 18.9 Å². The number of sulfone groups is 1. The van der Waals surface area contributed by atoms with Crippen molar-refractivity contribution in [3.8, 4) is 0 Å². The summed E-state index contributed by atoms with van der Waals surface area (Å²) in [5, 5.41) is 0. The standard InChI is InChI=1S/C18H24N4O2S/c1-3-22(16-10-12-25(23,24)14-16)17-9-11-19-18(20-17)21(2)13-15-7-5-4-6-8-15/h4-9,11,16H,3,10,12-14H2,1-2H3. The summed E-state index contributed by atoms with van der Waals surface area (Å²) in [6.45, 7) is 3.47. The van der Waals surface area contributed by atoms with Crippen molar-refractivity contribution < 1.29 is 8.42 Å². The van der Waals surface area contributed by atoms with Gasteiger partial charge < -0.3 is 9.80 Å². The van der Waals surface area contributed by atoms with Crippen molar-refractivity contribution in [2.75, 3.05) is 34.9 Å². The number of nitrogens with zero attached hydrogens (tertiary/aromatic N) is 4. The van der Waals surface area contributed by atoms with Gasteiger partial charge in [-0.05, 0) is 25.0 Å². The first-order valence-electron chi connectivity index (χ1n) is 8.53. The van der Waals surface area contributed by atoms with Gasteiger partial charge in [-0.3, -0.25) is 0 Å². The van der Waals surface area contributed by atoms with E-state index in [4.69, 9.17) is 0 Å². The lowest BCUT2D eigenvalue weighted by Crippen LogP contribution is -2.37. The molecule has 134 valence electrons. The van der Waals surface area contributed by atoms with Gasteiger partial charge in [0.05, 0.1) is 11.5 Å². The molecule has 1 fully saturated rings. The second-order valence-corrected chi connectivity index (χ2v) is 8.63. The van der Waals surface area contributed by atoms with Crippen LogP contribution in [0, 0.1) is 0 Å². The van der Waals surface area contributed by atoms with Gasteiger partial charge in [0, 0.05) is 32.4 Å². The molecule has 0 saturated carbocycles. The van der Waals surface area contributed by atoms with Gasteiger partial charge in [0.1, 0.15) is 5.82 Å². The Morgan fingerprint density at radius 3 is 2.60 bits per heavy atom. The van der Waals surface area contributed by atoms with Crippen LogP contribution in [0.5, 0.6) is 0 Å². The molecule has 1 aromatic carbocycles. The van der Waals surface area contributed by atoms with Gasteiger partial charge in [0.25, 0.3) is 0 Å². The summed E-state index contributed by atoms with van der Waals surface area (Å²) in [7, 11) is -0.960. The molecule has 0 bridgehead atoms. The van der Waals surface area contributed by atoms with Crippen LogP contribution in [0.3, 0.4) is 0 Å². The summed E-state index contributed by atoms with van der Waals surface area (Å²) >= 11 is 0. The van der Waals surface area contributed by atoms with Gasteiger partial charge in [-0.1, -0.05) is 30.3 Å². The van der Waals surface area contributed by atoms with Crippen LogP contribution >= 0.6 is 0 Å². The van der Waals surface area contributed by atoms with Crippen molar-refractivity contribution >= 4 is 21.6 Å². The maximum absolute atomic E-state index is 11.8. The lowest BCUT2D eigenvalue weighted by Gasteiger charge is -2.28. The van der Waals surface area contributed by atoms with E-state index in [-0.39, 0.29) is 17.5 Å². The molecular weight excluding hydrogens is 336 g/mol. The minimum absolute atomic E-state index is 0.00261. The van der Waals surface area contributed by atoms with Crippen LogP contribution in [0.2, 0.25) is 0 Å². The van der Waals surface area contributed by atoms with Gasteiger partial charge >= 0.3 is 0 Å². The number of anilines is 2. The zero-order chi connectivity index (χ0) is 17.9. The highest BCUT2D eigenvalue weighted by molar-refractivity contribution is 7.91. The first-order valence-corrected chi connectivity index (χ1v) is 10.4. The Hall–Kier alpha value is -2.15. The molecule has 2 aromatic rings. The fourth-order valence-electron chi connectivity index (χ4n) is 3.24. The van der Waals surface area contributed by atoms with Gasteiger partial charge in [0.2, 0.25) is 5.95 Å². The first kappa shape index (κ1) is 17.7. The topological polar surface area (TPSA) is 66.4 Å². The van der Waals surface area contributed by atoms with E-state index in [1.54, 1.807) is 6.20 Å². The predicted octanol–water partition coefficient (Wildman–Crippen LogP) is 2.13. The lowest BCUT2D eigenvalue weighted by atomic mass is 10.2. The monoisotopic (exact) mass is 360 g/mol. The molecule has 6 nitrogen and oxygen atoms in total. The van der Waals surface area contributed by atoms with Crippen molar-refractivity contribution in [2.24, 2.45) is 0 Å². The van der Waals surface area contributed by atoms with Gasteiger partial charge in [0.15, 0.2) is 9.84 Å². The minimum Gasteiger partial charge on any atom is -0.353 e. The quantitative estimate of drug-likeness (QED) is 0.786. The van der Waals surface area contributed by atoms with Crippen LogP contribution < -0.4 is 9.80 Å². The lowest BCUT2D eigenvalue weighted by molar-refractivity contribution is 0.599. The predicted molar refractivity (Wildman–Crippen MR) is 101 cm³/mol. The zero-order valence-electron chi connectivity index (χ0n) is 14.7. The zero-order valence-corrected chi connectivity index (χ0v) is 15.5. The third-order valence-corrected chi connectivity index (χ3v) is 6.27. The fourth-order valence-corrected chi connectivity index (χ4v) is 4.97. The molecule has 1 aliphatic heterocycles. The molecule has 1 unspecified atom stereocenters. The summed E-state index contributed by atoms with van der Waals surface area (Å²) in [5.74, 6) is 1.90. The average Bonchev–Trinajstić information content (AvgIpc) is 2.96.